The number of hydrogen-bond donors (Lipinski definition) is 5. The minimum atomic E-state index is -0.751. The van der Waals surface area contributed by atoms with E-state index in [9.17, 15) is 25.2 Å². The number of allylic oxidation sites excluding steroid dienone is 1. The first-order chi connectivity index (χ1) is 12.8. The highest BCUT2D eigenvalue weighted by atomic mass is 16.5. The van der Waals surface area contributed by atoms with E-state index in [1.165, 1.54) is 18.2 Å². The maximum atomic E-state index is 12.6. The largest absolute Gasteiger partial charge is 0.507 e. The van der Waals surface area contributed by atoms with E-state index < -0.39 is 6.10 Å². The van der Waals surface area contributed by atoms with Gasteiger partial charge in [-0.15, -0.1) is 0 Å². The van der Waals surface area contributed by atoms with Gasteiger partial charge in [-0.05, 0) is 31.0 Å². The highest BCUT2D eigenvalue weighted by molar-refractivity contribution is 6.03. The molecule has 0 amide bonds. The number of phenolic OH excluding ortho intramolecular Hbond substituents is 4. The molecule has 0 bridgehead atoms. The zero-order valence-corrected chi connectivity index (χ0v) is 14.6. The molecule has 1 atom stereocenters. The lowest BCUT2D eigenvalue weighted by Crippen LogP contribution is -2.21. The SMILES string of the molecule is C/C(=C\Cc1c(O)cc(O)c2c1O[C@@H](c1ccc(O)c(O)c1)CC2=O)CO. The first-order valence-corrected chi connectivity index (χ1v) is 8.37. The van der Waals surface area contributed by atoms with E-state index >= 15 is 0 Å². The lowest BCUT2D eigenvalue weighted by Gasteiger charge is -2.28. The maximum absolute atomic E-state index is 12.6. The Bertz CT molecular complexity index is 930. The molecule has 0 aromatic heterocycles. The molecule has 7 heteroatoms. The van der Waals surface area contributed by atoms with Crippen molar-refractivity contribution in [2.24, 2.45) is 0 Å². The molecule has 1 heterocycles. The monoisotopic (exact) mass is 372 g/mol. The Hall–Kier alpha value is -3.19. The van der Waals surface area contributed by atoms with E-state index in [0.29, 0.717) is 16.7 Å². The van der Waals surface area contributed by atoms with Crippen LogP contribution >= 0.6 is 0 Å². The van der Waals surface area contributed by atoms with Crippen LogP contribution in [0.15, 0.2) is 35.9 Å². The van der Waals surface area contributed by atoms with Gasteiger partial charge < -0.3 is 30.3 Å². The number of phenols is 4. The molecule has 3 rings (SSSR count). The van der Waals surface area contributed by atoms with Crippen molar-refractivity contribution in [1.82, 2.24) is 0 Å². The molecule has 7 nitrogen and oxygen atoms in total. The fraction of sp³-hybridized carbons (Fsp3) is 0.250. The third-order valence-electron chi connectivity index (χ3n) is 4.52. The Morgan fingerprint density at radius 1 is 1.11 bits per heavy atom. The number of ether oxygens (including phenoxy) is 1. The second-order valence-corrected chi connectivity index (χ2v) is 6.49. The van der Waals surface area contributed by atoms with E-state index in [2.05, 4.69) is 0 Å². The van der Waals surface area contributed by atoms with Crippen molar-refractivity contribution < 1.29 is 35.1 Å². The molecule has 0 aliphatic carbocycles. The van der Waals surface area contributed by atoms with E-state index in [0.717, 1.165) is 6.07 Å². The van der Waals surface area contributed by atoms with Crippen LogP contribution in [0.3, 0.4) is 0 Å². The van der Waals surface area contributed by atoms with Crippen molar-refractivity contribution in [3.8, 4) is 28.7 Å². The fourth-order valence-corrected chi connectivity index (χ4v) is 2.99. The first kappa shape index (κ1) is 18.6. The molecule has 0 unspecified atom stereocenters. The number of ketones is 1. The number of hydrogen-bond acceptors (Lipinski definition) is 7. The summed E-state index contributed by atoms with van der Waals surface area (Å²) in [4.78, 5) is 12.6. The van der Waals surface area contributed by atoms with Gasteiger partial charge in [-0.25, -0.2) is 0 Å². The van der Waals surface area contributed by atoms with Crippen LogP contribution in [0.25, 0.3) is 0 Å². The molecule has 1 aliphatic heterocycles. The molecule has 0 radical (unpaired) electrons. The van der Waals surface area contributed by atoms with E-state index in [-0.39, 0.29) is 59.5 Å². The van der Waals surface area contributed by atoms with E-state index in [1.807, 2.05) is 0 Å². The average Bonchev–Trinajstić information content (AvgIpc) is 2.62. The number of Topliss-reactive ketones (excluding diaryl/α,β-unsaturated/α-hetero) is 1. The zero-order valence-electron chi connectivity index (χ0n) is 14.6. The van der Waals surface area contributed by atoms with Gasteiger partial charge in [0.05, 0.1) is 13.0 Å². The standard InChI is InChI=1S/C20H20O7/c1-10(9-21)2-4-12-14(23)7-16(25)19-17(26)8-18(27-20(12)19)11-3-5-13(22)15(24)6-11/h2-3,5-7,18,21-25H,4,8-9H2,1H3/b10-2+/t18-/m1/s1. The number of aliphatic hydroxyl groups is 1. The van der Waals surface area contributed by atoms with Crippen LogP contribution in [0.5, 0.6) is 28.7 Å². The maximum Gasteiger partial charge on any atom is 0.174 e. The zero-order chi connectivity index (χ0) is 19.7. The molecule has 0 fully saturated rings. The van der Waals surface area contributed by atoms with Gasteiger partial charge in [0.15, 0.2) is 17.3 Å². The first-order valence-electron chi connectivity index (χ1n) is 8.37. The Morgan fingerprint density at radius 3 is 2.52 bits per heavy atom. The molecule has 5 N–H and O–H groups in total. The van der Waals surface area contributed by atoms with Crippen LogP contribution in [0.1, 0.15) is 40.9 Å². The third kappa shape index (κ3) is 3.54. The Labute approximate surface area is 155 Å². The summed E-state index contributed by atoms with van der Waals surface area (Å²) in [6.45, 7) is 1.58. The normalized spacial score (nSPS) is 16.7. The molecular formula is C20H20O7. The fourth-order valence-electron chi connectivity index (χ4n) is 2.99. The highest BCUT2D eigenvalue weighted by Crippen LogP contribution is 2.46. The average molecular weight is 372 g/mol. The van der Waals surface area contributed by atoms with Crippen LogP contribution in [0, 0.1) is 0 Å². The number of aromatic hydroxyl groups is 4. The van der Waals surface area contributed by atoms with Gasteiger partial charge in [0, 0.05) is 11.6 Å². The second kappa shape index (κ2) is 7.20. The predicted octanol–water partition coefficient (Wildman–Crippen LogP) is 2.70. The van der Waals surface area contributed by atoms with Gasteiger partial charge in [-0.2, -0.15) is 0 Å². The molecule has 0 spiro atoms. The quantitative estimate of drug-likeness (QED) is 0.412. The lowest BCUT2D eigenvalue weighted by molar-refractivity contribution is 0.0842. The van der Waals surface area contributed by atoms with E-state index in [4.69, 9.17) is 9.84 Å². The summed E-state index contributed by atoms with van der Waals surface area (Å²) in [6, 6.07) is 5.22. The Morgan fingerprint density at radius 2 is 1.85 bits per heavy atom. The number of carbonyl (C=O) groups excluding carboxylic acids is 1. The van der Waals surface area contributed by atoms with Gasteiger partial charge in [0.1, 0.15) is 28.9 Å². The summed E-state index contributed by atoms with van der Waals surface area (Å²) in [5, 5.41) is 48.7. The predicted molar refractivity (Wildman–Crippen MR) is 96.4 cm³/mol. The van der Waals surface area contributed by atoms with Crippen molar-refractivity contribution in [2.45, 2.75) is 25.9 Å². The van der Waals surface area contributed by atoms with Crippen LogP contribution in [0.4, 0.5) is 0 Å². The number of carbonyl (C=O) groups is 1. The number of aliphatic hydroxyl groups excluding tert-OH is 1. The molecule has 27 heavy (non-hydrogen) atoms. The lowest BCUT2D eigenvalue weighted by atomic mass is 9.92. The Kier molecular flexibility index (Phi) is 4.96. The van der Waals surface area contributed by atoms with Crippen molar-refractivity contribution in [2.75, 3.05) is 6.61 Å². The van der Waals surface area contributed by atoms with Gasteiger partial charge in [0.25, 0.3) is 0 Å². The van der Waals surface area contributed by atoms with Crippen molar-refractivity contribution in [3.05, 3.63) is 52.6 Å². The summed E-state index contributed by atoms with van der Waals surface area (Å²) in [7, 11) is 0. The van der Waals surface area contributed by atoms with Crippen LogP contribution in [-0.4, -0.2) is 37.9 Å². The molecule has 2 aromatic carbocycles. The molecular weight excluding hydrogens is 352 g/mol. The van der Waals surface area contributed by atoms with Crippen molar-refractivity contribution >= 4 is 5.78 Å². The van der Waals surface area contributed by atoms with Crippen LogP contribution in [0.2, 0.25) is 0 Å². The summed E-state index contributed by atoms with van der Waals surface area (Å²) in [6.07, 6.45) is 1.07. The second-order valence-electron chi connectivity index (χ2n) is 6.49. The Balaban J connectivity index is 2.06. The van der Waals surface area contributed by atoms with Gasteiger partial charge in [-0.3, -0.25) is 4.79 Å². The minimum Gasteiger partial charge on any atom is -0.507 e. The molecule has 0 saturated carbocycles. The number of fused-ring (bicyclic) bond motifs is 1. The summed E-state index contributed by atoms with van der Waals surface area (Å²) in [5.41, 5.74) is 1.47. The topological polar surface area (TPSA) is 127 Å². The molecule has 142 valence electrons. The van der Waals surface area contributed by atoms with Gasteiger partial charge >= 0.3 is 0 Å². The van der Waals surface area contributed by atoms with Crippen LogP contribution < -0.4 is 4.74 Å². The van der Waals surface area contributed by atoms with E-state index in [1.54, 1.807) is 13.0 Å². The number of benzene rings is 2. The molecule has 1 aliphatic rings. The summed E-state index contributed by atoms with van der Waals surface area (Å²) in [5.74, 6) is -1.52. The third-order valence-corrected chi connectivity index (χ3v) is 4.52. The highest BCUT2D eigenvalue weighted by Gasteiger charge is 2.33. The molecule has 2 aromatic rings. The van der Waals surface area contributed by atoms with Gasteiger partial charge in [0.2, 0.25) is 0 Å². The van der Waals surface area contributed by atoms with Crippen LogP contribution in [-0.2, 0) is 6.42 Å². The smallest absolute Gasteiger partial charge is 0.174 e. The van der Waals surface area contributed by atoms with Crippen molar-refractivity contribution in [3.63, 3.8) is 0 Å². The minimum absolute atomic E-state index is 0.00268. The number of rotatable bonds is 4. The molecule has 0 saturated heterocycles. The van der Waals surface area contributed by atoms with Crippen molar-refractivity contribution in [1.29, 1.82) is 0 Å². The van der Waals surface area contributed by atoms with Gasteiger partial charge in [-0.1, -0.05) is 17.7 Å². The summed E-state index contributed by atoms with van der Waals surface area (Å²) >= 11 is 0. The summed E-state index contributed by atoms with van der Waals surface area (Å²) < 4.78 is 5.92.